The number of aryl methyl sites for hydroxylation is 2. The predicted octanol–water partition coefficient (Wildman–Crippen LogP) is 2.31. The summed E-state index contributed by atoms with van der Waals surface area (Å²) in [6.07, 6.45) is 1.55. The number of nitrogens with zero attached hydrogens (tertiary/aromatic N) is 4. The van der Waals surface area contributed by atoms with Crippen LogP contribution in [0.15, 0.2) is 30.5 Å². The van der Waals surface area contributed by atoms with Crippen LogP contribution in [0.4, 0.5) is 0 Å². The number of carboxylic acid groups (broad SMARTS) is 1. The molecule has 0 aliphatic carbocycles. The summed E-state index contributed by atoms with van der Waals surface area (Å²) in [6.45, 7) is 4.99. The molecule has 2 aromatic heterocycles. The number of para-hydroxylation sites is 1. The van der Waals surface area contributed by atoms with Gasteiger partial charge in [0.2, 0.25) is 0 Å². The Morgan fingerprint density at radius 3 is 2.71 bits per heavy atom. The molecule has 0 unspecified atom stereocenters. The Labute approximate surface area is 121 Å². The molecule has 0 bridgehead atoms. The molecule has 0 aliphatic rings. The molecule has 0 spiro atoms. The maximum Gasteiger partial charge on any atom is 0.339 e. The van der Waals surface area contributed by atoms with Gasteiger partial charge < -0.3 is 5.11 Å². The van der Waals surface area contributed by atoms with E-state index >= 15 is 0 Å². The van der Waals surface area contributed by atoms with E-state index in [2.05, 4.69) is 10.2 Å². The molecule has 6 heteroatoms. The van der Waals surface area contributed by atoms with Crippen LogP contribution in [0.25, 0.3) is 10.9 Å². The first kappa shape index (κ1) is 13.4. The number of hydrogen-bond acceptors (Lipinski definition) is 3. The van der Waals surface area contributed by atoms with Gasteiger partial charge in [0.25, 0.3) is 0 Å². The van der Waals surface area contributed by atoms with Crippen molar-refractivity contribution in [1.29, 1.82) is 0 Å². The van der Waals surface area contributed by atoms with E-state index in [9.17, 15) is 4.79 Å². The molecular weight excluding hydrogens is 268 g/mol. The van der Waals surface area contributed by atoms with E-state index in [1.165, 1.54) is 0 Å². The smallest absolute Gasteiger partial charge is 0.339 e. The monoisotopic (exact) mass is 284 g/mol. The van der Waals surface area contributed by atoms with Crippen LogP contribution in [0.1, 0.15) is 28.7 Å². The zero-order valence-corrected chi connectivity index (χ0v) is 11.9. The summed E-state index contributed by atoms with van der Waals surface area (Å²) < 4.78 is 3.58. The summed E-state index contributed by atoms with van der Waals surface area (Å²) in [4.78, 5) is 11.1. The first-order chi connectivity index (χ1) is 10.1. The lowest BCUT2D eigenvalue weighted by Gasteiger charge is -1.98. The molecule has 0 amide bonds. The first-order valence-electron chi connectivity index (χ1n) is 6.82. The fourth-order valence-corrected chi connectivity index (χ4v) is 2.52. The third-order valence-corrected chi connectivity index (χ3v) is 3.52. The van der Waals surface area contributed by atoms with Crippen molar-refractivity contribution in [1.82, 2.24) is 19.6 Å². The summed E-state index contributed by atoms with van der Waals surface area (Å²) >= 11 is 0. The highest BCUT2D eigenvalue weighted by Gasteiger charge is 2.14. The molecule has 3 aromatic rings. The maximum atomic E-state index is 11.1. The number of hydrogen-bond donors (Lipinski definition) is 1. The van der Waals surface area contributed by atoms with E-state index in [4.69, 9.17) is 5.11 Å². The van der Waals surface area contributed by atoms with Gasteiger partial charge in [-0.15, -0.1) is 0 Å². The second-order valence-corrected chi connectivity index (χ2v) is 4.91. The van der Waals surface area contributed by atoms with E-state index in [-0.39, 0.29) is 5.56 Å². The van der Waals surface area contributed by atoms with Crippen LogP contribution < -0.4 is 0 Å². The van der Waals surface area contributed by atoms with Gasteiger partial charge in [0.05, 0.1) is 23.4 Å². The summed E-state index contributed by atoms with van der Waals surface area (Å²) in [6, 6.07) is 8.02. The van der Waals surface area contributed by atoms with Gasteiger partial charge in [-0.05, 0) is 19.9 Å². The number of carboxylic acids is 1. The fraction of sp³-hybridized carbons (Fsp3) is 0.267. The molecule has 0 atom stereocenters. The van der Waals surface area contributed by atoms with E-state index in [0.717, 1.165) is 23.1 Å². The van der Waals surface area contributed by atoms with E-state index in [1.54, 1.807) is 17.8 Å². The molecule has 3 rings (SSSR count). The van der Waals surface area contributed by atoms with Crippen LogP contribution in [0.5, 0.6) is 0 Å². The van der Waals surface area contributed by atoms with Crippen molar-refractivity contribution < 1.29 is 9.90 Å². The molecule has 1 aromatic carbocycles. The Morgan fingerprint density at radius 2 is 2.05 bits per heavy atom. The number of aromatic nitrogens is 4. The van der Waals surface area contributed by atoms with Gasteiger partial charge in [0.1, 0.15) is 5.56 Å². The second kappa shape index (κ2) is 5.05. The van der Waals surface area contributed by atoms with E-state index in [1.807, 2.05) is 35.9 Å². The van der Waals surface area contributed by atoms with Crippen molar-refractivity contribution in [3.8, 4) is 0 Å². The molecule has 0 fully saturated rings. The average molecular weight is 284 g/mol. The highest BCUT2D eigenvalue weighted by molar-refractivity contribution is 5.88. The van der Waals surface area contributed by atoms with Gasteiger partial charge in [-0.1, -0.05) is 18.2 Å². The second-order valence-electron chi connectivity index (χ2n) is 4.91. The van der Waals surface area contributed by atoms with Crippen molar-refractivity contribution in [2.24, 2.45) is 0 Å². The highest BCUT2D eigenvalue weighted by Crippen LogP contribution is 2.19. The minimum atomic E-state index is -0.956. The summed E-state index contributed by atoms with van der Waals surface area (Å²) in [7, 11) is 0. The van der Waals surface area contributed by atoms with Crippen molar-refractivity contribution in [3.63, 3.8) is 0 Å². The van der Waals surface area contributed by atoms with Gasteiger partial charge in [-0.2, -0.15) is 10.2 Å². The number of aromatic carboxylic acids is 1. The molecule has 0 saturated carbocycles. The third-order valence-electron chi connectivity index (χ3n) is 3.52. The van der Waals surface area contributed by atoms with Crippen molar-refractivity contribution in [2.75, 3.05) is 0 Å². The number of rotatable bonds is 4. The Hall–Kier alpha value is -2.63. The first-order valence-corrected chi connectivity index (χ1v) is 6.82. The molecule has 0 aliphatic heterocycles. The van der Waals surface area contributed by atoms with E-state index in [0.29, 0.717) is 12.2 Å². The normalized spacial score (nSPS) is 11.1. The number of fused-ring (bicyclic) bond motifs is 1. The maximum absolute atomic E-state index is 11.1. The zero-order chi connectivity index (χ0) is 15.0. The van der Waals surface area contributed by atoms with Gasteiger partial charge >= 0.3 is 5.97 Å². The molecule has 1 N–H and O–H groups in total. The van der Waals surface area contributed by atoms with Gasteiger partial charge in [-0.3, -0.25) is 9.36 Å². The summed E-state index contributed by atoms with van der Waals surface area (Å²) in [5, 5.41) is 19.0. The molecule has 0 saturated heterocycles. The number of benzene rings is 1. The Morgan fingerprint density at radius 1 is 1.29 bits per heavy atom. The van der Waals surface area contributed by atoms with Crippen molar-refractivity contribution in [3.05, 3.63) is 47.4 Å². The average Bonchev–Trinajstić information content (AvgIpc) is 3.01. The number of carbonyl (C=O) groups is 1. The molecule has 0 radical (unpaired) electrons. The quantitative estimate of drug-likeness (QED) is 0.798. The summed E-state index contributed by atoms with van der Waals surface area (Å²) in [5.41, 5.74) is 2.72. The van der Waals surface area contributed by atoms with Crippen LogP contribution in [0, 0.1) is 6.92 Å². The minimum absolute atomic E-state index is 0.231. The lowest BCUT2D eigenvalue weighted by molar-refractivity contribution is 0.0696. The minimum Gasteiger partial charge on any atom is -0.478 e. The van der Waals surface area contributed by atoms with Gasteiger partial charge in [0, 0.05) is 18.1 Å². The van der Waals surface area contributed by atoms with Crippen LogP contribution in [0.2, 0.25) is 0 Å². The van der Waals surface area contributed by atoms with Crippen LogP contribution in [-0.2, 0) is 13.1 Å². The standard InChI is InChI=1S/C15H16N4O2/c1-3-19-14-7-5-4-6-11(14)13(17-19)9-18-8-12(15(20)21)10(2)16-18/h4-8H,3,9H2,1-2H3,(H,20,21). The highest BCUT2D eigenvalue weighted by atomic mass is 16.4. The third kappa shape index (κ3) is 2.29. The van der Waals surface area contributed by atoms with Crippen molar-refractivity contribution in [2.45, 2.75) is 26.9 Å². The van der Waals surface area contributed by atoms with Crippen LogP contribution >= 0.6 is 0 Å². The lowest BCUT2D eigenvalue weighted by Crippen LogP contribution is -2.03. The van der Waals surface area contributed by atoms with Gasteiger partial charge in [-0.25, -0.2) is 4.79 Å². The fourth-order valence-electron chi connectivity index (χ4n) is 2.52. The van der Waals surface area contributed by atoms with Crippen LogP contribution in [0.3, 0.4) is 0 Å². The Bertz CT molecular complexity index is 816. The molecule has 21 heavy (non-hydrogen) atoms. The summed E-state index contributed by atoms with van der Waals surface area (Å²) in [5.74, 6) is -0.956. The molecule has 2 heterocycles. The largest absolute Gasteiger partial charge is 0.478 e. The van der Waals surface area contributed by atoms with Gasteiger partial charge in [0.15, 0.2) is 0 Å². The molecular formula is C15H16N4O2. The molecule has 108 valence electrons. The van der Waals surface area contributed by atoms with E-state index < -0.39 is 5.97 Å². The lowest BCUT2D eigenvalue weighted by atomic mass is 10.2. The Balaban J connectivity index is 2.02. The van der Waals surface area contributed by atoms with Crippen LogP contribution in [-0.4, -0.2) is 30.6 Å². The Kier molecular flexibility index (Phi) is 3.21. The topological polar surface area (TPSA) is 72.9 Å². The zero-order valence-electron chi connectivity index (χ0n) is 11.9. The van der Waals surface area contributed by atoms with Crippen molar-refractivity contribution >= 4 is 16.9 Å². The molecule has 6 nitrogen and oxygen atoms in total. The SMILES string of the molecule is CCn1nc(Cn2cc(C(=O)O)c(C)n2)c2ccccc21. The predicted molar refractivity (Wildman–Crippen MR) is 78.4 cm³/mol.